The van der Waals surface area contributed by atoms with Gasteiger partial charge in [0.1, 0.15) is 0 Å². The van der Waals surface area contributed by atoms with Crippen LogP contribution in [-0.2, 0) is 9.59 Å². The summed E-state index contributed by atoms with van der Waals surface area (Å²) in [5, 5.41) is 5.39. The lowest BCUT2D eigenvalue weighted by atomic mass is 9.71. The summed E-state index contributed by atoms with van der Waals surface area (Å²) < 4.78 is 0. The highest BCUT2D eigenvalue weighted by atomic mass is 16.2. The Labute approximate surface area is 147 Å². The molecule has 6 heteroatoms. The van der Waals surface area contributed by atoms with Crippen molar-refractivity contribution >= 4 is 23.4 Å². The van der Waals surface area contributed by atoms with Crippen molar-refractivity contribution in [3.05, 3.63) is 29.8 Å². The van der Waals surface area contributed by atoms with E-state index in [0.717, 1.165) is 44.5 Å². The summed E-state index contributed by atoms with van der Waals surface area (Å²) in [4.78, 5) is 37.7. The van der Waals surface area contributed by atoms with Crippen LogP contribution in [0.25, 0.3) is 0 Å². The van der Waals surface area contributed by atoms with Crippen molar-refractivity contribution in [2.75, 3.05) is 18.0 Å². The van der Waals surface area contributed by atoms with Gasteiger partial charge in [-0.15, -0.1) is 0 Å². The van der Waals surface area contributed by atoms with Crippen LogP contribution in [0.4, 0.5) is 5.69 Å². The SMILES string of the molecule is O=C1CC2(CCN(c3ccc(C(=O)NC4CC4)cc3)CC2)CC(=O)N1. The summed E-state index contributed by atoms with van der Waals surface area (Å²) in [6.07, 6.45) is 4.76. The molecule has 0 radical (unpaired) electrons. The van der Waals surface area contributed by atoms with E-state index in [1.807, 2.05) is 24.3 Å². The second kappa shape index (κ2) is 6.17. The molecule has 1 spiro atoms. The highest BCUT2D eigenvalue weighted by Gasteiger charge is 2.41. The molecule has 1 aliphatic carbocycles. The molecule has 0 bridgehead atoms. The van der Waals surface area contributed by atoms with Gasteiger partial charge in [-0.25, -0.2) is 0 Å². The minimum atomic E-state index is -0.167. The van der Waals surface area contributed by atoms with Gasteiger partial charge in [-0.05, 0) is 55.4 Å². The summed E-state index contributed by atoms with van der Waals surface area (Å²) in [6.45, 7) is 1.66. The molecule has 132 valence electrons. The lowest BCUT2D eigenvalue weighted by molar-refractivity contribution is -0.138. The summed E-state index contributed by atoms with van der Waals surface area (Å²) in [7, 11) is 0. The monoisotopic (exact) mass is 341 g/mol. The van der Waals surface area contributed by atoms with Gasteiger partial charge < -0.3 is 10.2 Å². The van der Waals surface area contributed by atoms with Crippen molar-refractivity contribution in [3.63, 3.8) is 0 Å². The fraction of sp³-hybridized carbons (Fsp3) is 0.526. The van der Waals surface area contributed by atoms with Crippen LogP contribution in [0, 0.1) is 5.41 Å². The Balaban J connectivity index is 1.38. The van der Waals surface area contributed by atoms with Crippen LogP contribution in [-0.4, -0.2) is 36.9 Å². The molecule has 2 heterocycles. The maximum Gasteiger partial charge on any atom is 0.251 e. The molecule has 1 aromatic rings. The number of piperidine rings is 2. The highest BCUT2D eigenvalue weighted by Crippen LogP contribution is 2.41. The molecule has 2 aliphatic heterocycles. The zero-order valence-corrected chi connectivity index (χ0v) is 14.2. The predicted molar refractivity (Wildman–Crippen MR) is 93.2 cm³/mol. The zero-order chi connectivity index (χ0) is 17.4. The van der Waals surface area contributed by atoms with E-state index in [9.17, 15) is 14.4 Å². The van der Waals surface area contributed by atoms with E-state index in [4.69, 9.17) is 0 Å². The van der Waals surface area contributed by atoms with Gasteiger partial charge >= 0.3 is 0 Å². The van der Waals surface area contributed by atoms with Crippen LogP contribution < -0.4 is 15.5 Å². The lowest BCUT2D eigenvalue weighted by Crippen LogP contribution is -2.50. The van der Waals surface area contributed by atoms with Crippen molar-refractivity contribution in [3.8, 4) is 0 Å². The molecule has 1 saturated carbocycles. The van der Waals surface area contributed by atoms with Crippen molar-refractivity contribution < 1.29 is 14.4 Å². The van der Waals surface area contributed by atoms with Crippen molar-refractivity contribution in [1.29, 1.82) is 0 Å². The molecule has 0 unspecified atom stereocenters. The van der Waals surface area contributed by atoms with Gasteiger partial charge in [0.25, 0.3) is 5.91 Å². The molecule has 0 aromatic heterocycles. The molecule has 0 atom stereocenters. The molecule has 3 fully saturated rings. The standard InChI is InChI=1S/C19H23N3O3/c23-16-11-19(12-17(24)21-16)7-9-22(10-8-19)15-5-1-13(2-6-15)18(25)20-14-3-4-14/h1-2,5-6,14H,3-4,7-12H2,(H,20,25)(H,21,23,24). The van der Waals surface area contributed by atoms with E-state index in [2.05, 4.69) is 15.5 Å². The number of amides is 3. The number of carbonyl (C=O) groups excluding carboxylic acids is 3. The molecular weight excluding hydrogens is 318 g/mol. The maximum absolute atomic E-state index is 12.1. The fourth-order valence-corrected chi connectivity index (χ4v) is 3.90. The molecule has 3 amide bonds. The first-order valence-corrected chi connectivity index (χ1v) is 9.02. The number of rotatable bonds is 3. The van der Waals surface area contributed by atoms with Crippen LogP contribution >= 0.6 is 0 Å². The number of hydrogen-bond acceptors (Lipinski definition) is 4. The Morgan fingerprint density at radius 2 is 1.64 bits per heavy atom. The first-order chi connectivity index (χ1) is 12.0. The smallest absolute Gasteiger partial charge is 0.251 e. The second-order valence-electron chi connectivity index (χ2n) is 7.61. The number of benzene rings is 1. The molecule has 1 aromatic carbocycles. The molecule has 4 rings (SSSR count). The third-order valence-corrected chi connectivity index (χ3v) is 5.58. The van der Waals surface area contributed by atoms with E-state index in [0.29, 0.717) is 24.4 Å². The fourth-order valence-electron chi connectivity index (χ4n) is 3.90. The molecular formula is C19H23N3O3. The third-order valence-electron chi connectivity index (χ3n) is 5.58. The molecule has 3 aliphatic rings. The number of imide groups is 1. The van der Waals surface area contributed by atoms with Gasteiger partial charge in [0.15, 0.2) is 0 Å². The number of carbonyl (C=O) groups is 3. The normalized spacial score (nSPS) is 22.6. The van der Waals surface area contributed by atoms with Crippen molar-refractivity contribution in [2.24, 2.45) is 5.41 Å². The van der Waals surface area contributed by atoms with Gasteiger partial charge in [0.2, 0.25) is 11.8 Å². The Morgan fingerprint density at radius 3 is 2.20 bits per heavy atom. The van der Waals surface area contributed by atoms with E-state index in [-0.39, 0.29) is 23.1 Å². The lowest BCUT2D eigenvalue weighted by Gasteiger charge is -2.43. The molecule has 6 nitrogen and oxygen atoms in total. The first-order valence-electron chi connectivity index (χ1n) is 9.02. The third kappa shape index (κ3) is 3.52. The molecule has 2 N–H and O–H groups in total. The number of nitrogens with zero attached hydrogens (tertiary/aromatic N) is 1. The van der Waals surface area contributed by atoms with Crippen LogP contribution in [0.1, 0.15) is 48.9 Å². The molecule has 25 heavy (non-hydrogen) atoms. The van der Waals surface area contributed by atoms with Crippen molar-refractivity contribution in [2.45, 2.75) is 44.6 Å². The van der Waals surface area contributed by atoms with E-state index in [1.54, 1.807) is 0 Å². The average Bonchev–Trinajstić information content (AvgIpc) is 3.38. The van der Waals surface area contributed by atoms with Gasteiger partial charge in [-0.2, -0.15) is 0 Å². The van der Waals surface area contributed by atoms with Gasteiger partial charge in [-0.3, -0.25) is 19.7 Å². The largest absolute Gasteiger partial charge is 0.371 e. The summed E-state index contributed by atoms with van der Waals surface area (Å²) in [5.41, 5.74) is 1.61. The van der Waals surface area contributed by atoms with Gasteiger partial charge in [0.05, 0.1) is 0 Å². The van der Waals surface area contributed by atoms with Crippen LogP contribution in [0.3, 0.4) is 0 Å². The summed E-state index contributed by atoms with van der Waals surface area (Å²) in [6, 6.07) is 8.07. The van der Waals surface area contributed by atoms with Crippen LogP contribution in [0.5, 0.6) is 0 Å². The zero-order valence-electron chi connectivity index (χ0n) is 14.2. The predicted octanol–water partition coefficient (Wildman–Crippen LogP) is 1.60. The average molecular weight is 341 g/mol. The summed E-state index contributed by atoms with van der Waals surface area (Å²) in [5.74, 6) is -0.287. The number of hydrogen-bond donors (Lipinski definition) is 2. The minimum Gasteiger partial charge on any atom is -0.371 e. The Morgan fingerprint density at radius 1 is 1.04 bits per heavy atom. The quantitative estimate of drug-likeness (QED) is 0.819. The Hall–Kier alpha value is -2.37. The topological polar surface area (TPSA) is 78.5 Å². The van der Waals surface area contributed by atoms with Crippen LogP contribution in [0.2, 0.25) is 0 Å². The number of nitrogens with one attached hydrogen (secondary N) is 2. The Kier molecular flexibility index (Phi) is 3.98. The van der Waals surface area contributed by atoms with E-state index in [1.165, 1.54) is 0 Å². The summed E-state index contributed by atoms with van der Waals surface area (Å²) >= 11 is 0. The Bertz CT molecular complexity index is 683. The van der Waals surface area contributed by atoms with Crippen molar-refractivity contribution in [1.82, 2.24) is 10.6 Å². The van der Waals surface area contributed by atoms with E-state index < -0.39 is 0 Å². The second-order valence-corrected chi connectivity index (χ2v) is 7.61. The minimum absolute atomic E-state index is 0.00150. The van der Waals surface area contributed by atoms with Gasteiger partial charge in [0, 0.05) is 43.2 Å². The van der Waals surface area contributed by atoms with Crippen LogP contribution in [0.15, 0.2) is 24.3 Å². The van der Waals surface area contributed by atoms with Gasteiger partial charge in [-0.1, -0.05) is 0 Å². The highest BCUT2D eigenvalue weighted by molar-refractivity contribution is 5.98. The van der Waals surface area contributed by atoms with E-state index >= 15 is 0 Å². The number of anilines is 1. The molecule has 2 saturated heterocycles. The first kappa shape index (κ1) is 16.1. The maximum atomic E-state index is 12.1.